The SMILES string of the molecule is c1ccc(-c2cccc3c2ccc2ccccc23)c(-c2ccc3c(ccc4ccccc43)c2-c2ccccc2-c2cccc3ccccc23)c1.c1ccc(-c2ccccc2)cc1. The van der Waals surface area contributed by atoms with Gasteiger partial charge in [0.05, 0.1) is 0 Å². The largest absolute Gasteiger partial charge is 0.0622 e. The van der Waals surface area contributed by atoms with Crippen molar-refractivity contribution in [2.75, 3.05) is 0 Å². The first-order chi connectivity index (χ1) is 30.8. The molecule has 0 N–H and O–H groups in total. The molecule has 12 aromatic carbocycles. The van der Waals surface area contributed by atoms with Crippen LogP contribution >= 0.6 is 0 Å². The fourth-order valence-electron chi connectivity index (χ4n) is 9.49. The van der Waals surface area contributed by atoms with Gasteiger partial charge in [-0.3, -0.25) is 0 Å². The maximum absolute atomic E-state index is 2.36. The number of hydrogen-bond acceptors (Lipinski definition) is 0. The highest BCUT2D eigenvalue weighted by molar-refractivity contribution is 6.18. The Kier molecular flexibility index (Phi) is 9.65. The standard InChI is InChI=1S/C50H32.C12H10/c1-4-17-36-33(13-1)16-11-24-39(36)43-21-9-10-23-47(43)50-48-30-28-35-15-3-6-19-38(35)45(48)31-32-49(50)44-22-8-7-20-41(44)42-26-12-25-40-37-18-5-2-14-34(37)27-29-46(40)42;1-3-7-11(8-4-1)12-9-5-2-6-10-12/h1-32H;1-10H. The van der Waals surface area contributed by atoms with Crippen LogP contribution in [0.3, 0.4) is 0 Å². The number of benzene rings is 12. The van der Waals surface area contributed by atoms with E-state index in [0.717, 1.165) is 0 Å². The molecule has 0 bridgehead atoms. The van der Waals surface area contributed by atoms with E-state index in [4.69, 9.17) is 0 Å². The summed E-state index contributed by atoms with van der Waals surface area (Å²) in [5.41, 5.74) is 12.5. The molecule has 0 aliphatic heterocycles. The van der Waals surface area contributed by atoms with Crippen LogP contribution in [0, 0.1) is 0 Å². The zero-order valence-corrected chi connectivity index (χ0v) is 34.2. The first kappa shape index (κ1) is 37.0. The zero-order valence-electron chi connectivity index (χ0n) is 34.2. The van der Waals surface area contributed by atoms with E-state index < -0.39 is 0 Å². The Balaban J connectivity index is 0.000000311. The highest BCUT2D eigenvalue weighted by Crippen LogP contribution is 2.48. The van der Waals surface area contributed by atoms with Crippen molar-refractivity contribution >= 4 is 53.9 Å². The van der Waals surface area contributed by atoms with Gasteiger partial charge in [0, 0.05) is 0 Å². The van der Waals surface area contributed by atoms with Gasteiger partial charge in [0.25, 0.3) is 0 Å². The van der Waals surface area contributed by atoms with Crippen LogP contribution < -0.4 is 0 Å². The average molecular weight is 787 g/mol. The zero-order chi connectivity index (χ0) is 41.2. The van der Waals surface area contributed by atoms with Gasteiger partial charge in [-0.2, -0.15) is 0 Å². The van der Waals surface area contributed by atoms with Crippen molar-refractivity contribution in [3.05, 3.63) is 255 Å². The highest BCUT2D eigenvalue weighted by atomic mass is 14.2. The molecule has 0 aromatic heterocycles. The molecule has 0 heteroatoms. The molecule has 0 amide bonds. The molecule has 0 atom stereocenters. The molecule has 0 spiro atoms. The van der Waals surface area contributed by atoms with Crippen molar-refractivity contribution in [3.63, 3.8) is 0 Å². The number of rotatable bonds is 5. The summed E-state index contributed by atoms with van der Waals surface area (Å²) in [7, 11) is 0. The maximum atomic E-state index is 2.36. The summed E-state index contributed by atoms with van der Waals surface area (Å²) in [6, 6.07) is 92.2. The minimum Gasteiger partial charge on any atom is -0.0622 e. The first-order valence-electron chi connectivity index (χ1n) is 21.4. The molecular formula is C62H42. The molecule has 0 aliphatic rings. The van der Waals surface area contributed by atoms with Crippen LogP contribution in [-0.2, 0) is 0 Å². The molecular weight excluding hydrogens is 745 g/mol. The van der Waals surface area contributed by atoms with Crippen LogP contribution in [0.2, 0.25) is 0 Å². The van der Waals surface area contributed by atoms with Gasteiger partial charge >= 0.3 is 0 Å². The Bertz CT molecular complexity index is 3520. The minimum absolute atomic E-state index is 1.23. The summed E-state index contributed by atoms with van der Waals surface area (Å²) in [6.07, 6.45) is 0. The summed E-state index contributed by atoms with van der Waals surface area (Å²) in [5, 5.41) is 12.7. The Labute approximate surface area is 362 Å². The van der Waals surface area contributed by atoms with E-state index in [1.807, 2.05) is 12.1 Å². The third-order valence-electron chi connectivity index (χ3n) is 12.4. The topological polar surface area (TPSA) is 0 Å². The Morgan fingerprint density at radius 3 is 1.11 bits per heavy atom. The molecule has 0 saturated heterocycles. The van der Waals surface area contributed by atoms with Gasteiger partial charge in [0.1, 0.15) is 0 Å². The molecule has 0 fully saturated rings. The Hall–Kier alpha value is -8.06. The van der Waals surface area contributed by atoms with Gasteiger partial charge in [-0.1, -0.05) is 255 Å². The molecule has 12 aromatic rings. The van der Waals surface area contributed by atoms with Gasteiger partial charge in [0.2, 0.25) is 0 Å². The van der Waals surface area contributed by atoms with Crippen molar-refractivity contribution < 1.29 is 0 Å². The van der Waals surface area contributed by atoms with Crippen LogP contribution in [0.25, 0.3) is 109 Å². The lowest BCUT2D eigenvalue weighted by molar-refractivity contribution is 1.59. The van der Waals surface area contributed by atoms with Gasteiger partial charge in [0.15, 0.2) is 0 Å². The highest BCUT2D eigenvalue weighted by Gasteiger charge is 2.20. The van der Waals surface area contributed by atoms with E-state index >= 15 is 0 Å². The quantitative estimate of drug-likeness (QED) is 0.152. The van der Waals surface area contributed by atoms with Crippen molar-refractivity contribution in [1.82, 2.24) is 0 Å². The van der Waals surface area contributed by atoms with Crippen molar-refractivity contribution in [1.29, 1.82) is 0 Å². The summed E-state index contributed by atoms with van der Waals surface area (Å²) >= 11 is 0. The Morgan fingerprint density at radius 1 is 0.145 bits per heavy atom. The second kappa shape index (κ2) is 16.2. The number of fused-ring (bicyclic) bond motifs is 7. The molecule has 0 heterocycles. The monoisotopic (exact) mass is 786 g/mol. The normalized spacial score (nSPS) is 11.2. The lowest BCUT2D eigenvalue weighted by Gasteiger charge is -2.21. The third-order valence-corrected chi connectivity index (χ3v) is 12.4. The average Bonchev–Trinajstić information content (AvgIpc) is 3.36. The molecule has 12 rings (SSSR count). The number of hydrogen-bond donors (Lipinski definition) is 0. The third kappa shape index (κ3) is 6.69. The van der Waals surface area contributed by atoms with Crippen LogP contribution in [0.5, 0.6) is 0 Å². The van der Waals surface area contributed by atoms with Crippen LogP contribution in [-0.4, -0.2) is 0 Å². The lowest BCUT2D eigenvalue weighted by atomic mass is 9.82. The smallest absolute Gasteiger partial charge is 0.00201 e. The maximum Gasteiger partial charge on any atom is -0.00201 e. The lowest BCUT2D eigenvalue weighted by Crippen LogP contribution is -1.94. The van der Waals surface area contributed by atoms with E-state index in [9.17, 15) is 0 Å². The van der Waals surface area contributed by atoms with Gasteiger partial charge in [-0.15, -0.1) is 0 Å². The second-order valence-electron chi connectivity index (χ2n) is 15.9. The van der Waals surface area contributed by atoms with E-state index in [2.05, 4.69) is 243 Å². The van der Waals surface area contributed by atoms with E-state index in [-0.39, 0.29) is 0 Å². The fraction of sp³-hybridized carbons (Fsp3) is 0. The predicted molar refractivity (Wildman–Crippen MR) is 268 cm³/mol. The molecule has 0 saturated carbocycles. The molecule has 0 aliphatic carbocycles. The van der Waals surface area contributed by atoms with Gasteiger partial charge in [-0.05, 0) is 109 Å². The molecule has 0 unspecified atom stereocenters. The van der Waals surface area contributed by atoms with Crippen molar-refractivity contribution in [2.45, 2.75) is 0 Å². The molecule has 0 radical (unpaired) electrons. The van der Waals surface area contributed by atoms with Crippen LogP contribution in [0.15, 0.2) is 255 Å². The summed E-state index contributed by atoms with van der Waals surface area (Å²) in [5.74, 6) is 0. The summed E-state index contributed by atoms with van der Waals surface area (Å²) < 4.78 is 0. The first-order valence-corrected chi connectivity index (χ1v) is 21.4. The summed E-state index contributed by atoms with van der Waals surface area (Å²) in [6.45, 7) is 0. The summed E-state index contributed by atoms with van der Waals surface area (Å²) in [4.78, 5) is 0. The van der Waals surface area contributed by atoms with E-state index in [0.29, 0.717) is 0 Å². The molecule has 0 nitrogen and oxygen atoms in total. The van der Waals surface area contributed by atoms with Crippen LogP contribution in [0.4, 0.5) is 0 Å². The second-order valence-corrected chi connectivity index (χ2v) is 15.9. The van der Waals surface area contributed by atoms with Crippen molar-refractivity contribution in [3.8, 4) is 55.6 Å². The predicted octanol–water partition coefficient (Wildman–Crippen LogP) is 17.5. The Morgan fingerprint density at radius 2 is 0.500 bits per heavy atom. The van der Waals surface area contributed by atoms with Crippen molar-refractivity contribution in [2.24, 2.45) is 0 Å². The minimum atomic E-state index is 1.23. The van der Waals surface area contributed by atoms with Crippen LogP contribution in [0.1, 0.15) is 0 Å². The van der Waals surface area contributed by atoms with Gasteiger partial charge < -0.3 is 0 Å². The fourth-order valence-corrected chi connectivity index (χ4v) is 9.49. The van der Waals surface area contributed by atoms with E-state index in [1.54, 1.807) is 0 Å². The van der Waals surface area contributed by atoms with E-state index in [1.165, 1.54) is 109 Å². The van der Waals surface area contributed by atoms with Gasteiger partial charge in [-0.25, -0.2) is 0 Å². The molecule has 62 heavy (non-hydrogen) atoms. The molecule has 290 valence electrons.